The van der Waals surface area contributed by atoms with Crippen molar-refractivity contribution in [3.63, 3.8) is 0 Å². The van der Waals surface area contributed by atoms with Crippen LogP contribution in [0.25, 0.3) is 0 Å². The third kappa shape index (κ3) is 2.63. The fraction of sp³-hybridized carbons (Fsp3) is 0.300. The van der Waals surface area contributed by atoms with E-state index in [0.29, 0.717) is 10.8 Å². The van der Waals surface area contributed by atoms with Gasteiger partial charge in [0, 0.05) is 0 Å². The van der Waals surface area contributed by atoms with Crippen molar-refractivity contribution >= 4 is 11.6 Å². The fourth-order valence-electron chi connectivity index (χ4n) is 1.00. The van der Waals surface area contributed by atoms with Crippen molar-refractivity contribution < 1.29 is 9.84 Å². The molecule has 1 atom stereocenters. The van der Waals surface area contributed by atoms with Crippen LogP contribution in [0.5, 0.6) is 5.75 Å². The first-order valence-corrected chi connectivity index (χ1v) is 4.50. The number of ether oxygens (including phenoxy) is 1. The third-order valence-electron chi connectivity index (χ3n) is 1.73. The van der Waals surface area contributed by atoms with Crippen LogP contribution in [0.3, 0.4) is 0 Å². The molecular weight excluding hydrogens is 202 g/mol. The predicted octanol–water partition coefficient (Wildman–Crippen LogP) is 2.30. The predicted molar refractivity (Wildman–Crippen MR) is 53.2 cm³/mol. The van der Waals surface area contributed by atoms with E-state index in [2.05, 4.69) is 0 Å². The average Bonchev–Trinajstić information content (AvgIpc) is 2.15. The minimum absolute atomic E-state index is 0.0340. The molecule has 0 spiro atoms. The number of aliphatic hydroxyl groups excluding tert-OH is 1. The second-order valence-electron chi connectivity index (χ2n) is 2.81. The van der Waals surface area contributed by atoms with Crippen LogP contribution in [-0.2, 0) is 0 Å². The molecule has 0 radical (unpaired) electrons. The van der Waals surface area contributed by atoms with Crippen LogP contribution in [-0.4, -0.2) is 11.7 Å². The maximum absolute atomic E-state index is 9.26. The van der Waals surface area contributed by atoms with Crippen molar-refractivity contribution in [3.8, 4) is 11.8 Å². The van der Waals surface area contributed by atoms with Gasteiger partial charge in [0.2, 0.25) is 0 Å². The summed E-state index contributed by atoms with van der Waals surface area (Å²) in [6.07, 6.45) is -0.558. The van der Waals surface area contributed by atoms with Crippen molar-refractivity contribution in [1.82, 2.24) is 0 Å². The number of hydrogen-bond acceptors (Lipinski definition) is 3. The summed E-state index contributed by atoms with van der Waals surface area (Å²) in [6, 6.07) is 6.83. The maximum Gasteiger partial charge on any atom is 0.174 e. The van der Waals surface area contributed by atoms with E-state index >= 15 is 0 Å². The Morgan fingerprint density at radius 2 is 2.36 bits per heavy atom. The molecule has 1 rings (SSSR count). The summed E-state index contributed by atoms with van der Waals surface area (Å²) in [5.74, 6) is 0.456. The van der Waals surface area contributed by atoms with E-state index < -0.39 is 6.10 Å². The average molecular weight is 212 g/mol. The molecule has 0 saturated carbocycles. The van der Waals surface area contributed by atoms with Crippen LogP contribution in [0.2, 0.25) is 5.02 Å². The van der Waals surface area contributed by atoms with Crippen molar-refractivity contribution in [2.75, 3.05) is 6.61 Å². The van der Waals surface area contributed by atoms with Gasteiger partial charge in [-0.05, 0) is 24.6 Å². The molecule has 14 heavy (non-hydrogen) atoms. The molecule has 0 aliphatic heterocycles. The van der Waals surface area contributed by atoms with Crippen LogP contribution in [0.4, 0.5) is 0 Å². The first kappa shape index (κ1) is 10.8. The van der Waals surface area contributed by atoms with E-state index in [1.54, 1.807) is 25.1 Å². The van der Waals surface area contributed by atoms with Crippen LogP contribution in [0.15, 0.2) is 18.2 Å². The molecule has 1 aromatic rings. The molecule has 74 valence electrons. The van der Waals surface area contributed by atoms with Gasteiger partial charge < -0.3 is 9.84 Å². The van der Waals surface area contributed by atoms with Crippen molar-refractivity contribution in [3.05, 3.63) is 28.8 Å². The molecule has 0 bridgehead atoms. The van der Waals surface area contributed by atoms with Crippen molar-refractivity contribution in [2.45, 2.75) is 13.0 Å². The topological polar surface area (TPSA) is 53.2 Å². The van der Waals surface area contributed by atoms with Gasteiger partial charge in [-0.1, -0.05) is 17.7 Å². The highest BCUT2D eigenvalue weighted by molar-refractivity contribution is 6.32. The highest BCUT2D eigenvalue weighted by atomic mass is 35.5. The van der Waals surface area contributed by atoms with Gasteiger partial charge in [0.1, 0.15) is 11.8 Å². The van der Waals surface area contributed by atoms with Crippen molar-refractivity contribution in [1.29, 1.82) is 5.26 Å². The molecular formula is C10H10ClNO2. The van der Waals surface area contributed by atoms with Crippen LogP contribution in [0.1, 0.15) is 18.6 Å². The van der Waals surface area contributed by atoms with Crippen LogP contribution >= 0.6 is 11.6 Å². The largest absolute Gasteiger partial charge is 0.477 e. The Morgan fingerprint density at radius 1 is 1.64 bits per heavy atom. The Bertz CT molecular complexity index is 358. The number of nitriles is 1. The lowest BCUT2D eigenvalue weighted by Crippen LogP contribution is -1.96. The molecule has 1 unspecified atom stereocenters. The minimum atomic E-state index is -0.558. The zero-order valence-electron chi connectivity index (χ0n) is 7.70. The Balaban J connectivity index is 2.85. The quantitative estimate of drug-likeness (QED) is 0.835. The van der Waals surface area contributed by atoms with E-state index in [-0.39, 0.29) is 6.61 Å². The third-order valence-corrected chi connectivity index (χ3v) is 2.03. The molecule has 1 N–H and O–H groups in total. The maximum atomic E-state index is 9.26. The van der Waals surface area contributed by atoms with Crippen LogP contribution < -0.4 is 4.74 Å². The smallest absolute Gasteiger partial charge is 0.174 e. The summed E-state index contributed by atoms with van der Waals surface area (Å²) >= 11 is 5.86. The highest BCUT2D eigenvalue weighted by Crippen LogP contribution is 2.27. The molecule has 0 saturated heterocycles. The summed E-state index contributed by atoms with van der Waals surface area (Å²) in [5, 5.41) is 18.0. The molecule has 3 nitrogen and oxygen atoms in total. The zero-order valence-corrected chi connectivity index (χ0v) is 8.45. The number of aliphatic hydroxyl groups is 1. The SMILES string of the molecule is CC(O)c1ccc(OCC#N)c(Cl)c1. The molecule has 0 heterocycles. The van der Waals surface area contributed by atoms with Gasteiger partial charge in [-0.15, -0.1) is 0 Å². The van der Waals surface area contributed by atoms with E-state index in [0.717, 1.165) is 5.56 Å². The standard InChI is InChI=1S/C10H10ClNO2/c1-7(13)8-2-3-10(9(11)6-8)14-5-4-12/h2-3,6-7,13H,5H2,1H3. The monoisotopic (exact) mass is 211 g/mol. The van der Waals surface area contributed by atoms with Gasteiger partial charge in [-0.3, -0.25) is 0 Å². The lowest BCUT2D eigenvalue weighted by Gasteiger charge is -2.08. The van der Waals surface area contributed by atoms with Crippen LogP contribution in [0, 0.1) is 11.3 Å². The van der Waals surface area contributed by atoms with E-state index in [9.17, 15) is 5.11 Å². The number of nitrogens with zero attached hydrogens (tertiary/aromatic N) is 1. The van der Waals surface area contributed by atoms with Gasteiger partial charge in [-0.2, -0.15) is 5.26 Å². The van der Waals surface area contributed by atoms with E-state index in [1.807, 2.05) is 6.07 Å². The first-order chi connectivity index (χ1) is 6.65. The molecule has 0 aromatic heterocycles. The number of hydrogen-bond donors (Lipinski definition) is 1. The first-order valence-electron chi connectivity index (χ1n) is 4.12. The number of halogens is 1. The Morgan fingerprint density at radius 3 is 2.86 bits per heavy atom. The minimum Gasteiger partial charge on any atom is -0.477 e. The number of rotatable bonds is 3. The zero-order chi connectivity index (χ0) is 10.6. The van der Waals surface area contributed by atoms with E-state index in [1.165, 1.54) is 0 Å². The second kappa shape index (κ2) is 4.85. The molecule has 0 fully saturated rings. The number of benzene rings is 1. The van der Waals surface area contributed by atoms with Gasteiger partial charge in [0.25, 0.3) is 0 Å². The second-order valence-corrected chi connectivity index (χ2v) is 3.22. The van der Waals surface area contributed by atoms with Gasteiger partial charge >= 0.3 is 0 Å². The Labute approximate surface area is 87.5 Å². The highest BCUT2D eigenvalue weighted by Gasteiger charge is 2.05. The Kier molecular flexibility index (Phi) is 3.75. The van der Waals surface area contributed by atoms with E-state index in [4.69, 9.17) is 21.6 Å². The van der Waals surface area contributed by atoms with Gasteiger partial charge in [-0.25, -0.2) is 0 Å². The summed E-state index contributed by atoms with van der Waals surface area (Å²) in [5.41, 5.74) is 0.722. The lowest BCUT2D eigenvalue weighted by molar-refractivity contribution is 0.199. The summed E-state index contributed by atoms with van der Waals surface area (Å²) < 4.78 is 5.05. The summed E-state index contributed by atoms with van der Waals surface area (Å²) in [4.78, 5) is 0. The van der Waals surface area contributed by atoms with Gasteiger partial charge in [0.05, 0.1) is 11.1 Å². The summed E-state index contributed by atoms with van der Waals surface area (Å²) in [7, 11) is 0. The molecule has 0 aliphatic carbocycles. The molecule has 0 amide bonds. The molecule has 4 heteroatoms. The lowest BCUT2D eigenvalue weighted by atomic mass is 10.1. The fourth-order valence-corrected chi connectivity index (χ4v) is 1.25. The van der Waals surface area contributed by atoms with Crippen molar-refractivity contribution in [2.24, 2.45) is 0 Å². The van der Waals surface area contributed by atoms with Gasteiger partial charge in [0.15, 0.2) is 6.61 Å². The molecule has 0 aliphatic rings. The molecule has 1 aromatic carbocycles. The normalized spacial score (nSPS) is 11.9. The Hall–Kier alpha value is -1.24. The summed E-state index contributed by atoms with van der Waals surface area (Å²) in [6.45, 7) is 1.62.